The lowest BCUT2D eigenvalue weighted by atomic mass is 10.1. The molecule has 0 bridgehead atoms. The molecule has 1 aliphatic heterocycles. The Bertz CT molecular complexity index is 515. The molecule has 1 amide bonds. The molecule has 2 rings (SSSR count). The topological polar surface area (TPSA) is 78.9 Å². The van der Waals surface area contributed by atoms with Crippen molar-refractivity contribution in [3.05, 3.63) is 29.8 Å². The van der Waals surface area contributed by atoms with Gasteiger partial charge in [-0.25, -0.2) is 0 Å². The van der Waals surface area contributed by atoms with Gasteiger partial charge in [0.1, 0.15) is 11.8 Å². The highest BCUT2D eigenvalue weighted by molar-refractivity contribution is 5.86. The van der Waals surface area contributed by atoms with E-state index in [-0.39, 0.29) is 12.3 Å². The molecule has 0 radical (unpaired) electrons. The van der Waals surface area contributed by atoms with Gasteiger partial charge < -0.3 is 15.2 Å². The number of hydrogen-bond acceptors (Lipinski definition) is 4. The zero-order valence-electron chi connectivity index (χ0n) is 12.7. The number of benzene rings is 1. The van der Waals surface area contributed by atoms with Gasteiger partial charge in [0, 0.05) is 19.6 Å². The maximum absolute atomic E-state index is 11.9. The van der Waals surface area contributed by atoms with Crippen LogP contribution in [0.4, 0.5) is 0 Å². The first-order chi connectivity index (χ1) is 10.6. The molecule has 1 heterocycles. The van der Waals surface area contributed by atoms with Crippen molar-refractivity contribution in [1.29, 1.82) is 0 Å². The van der Waals surface area contributed by atoms with Gasteiger partial charge in [-0.15, -0.1) is 0 Å². The van der Waals surface area contributed by atoms with Crippen LogP contribution >= 0.6 is 0 Å². The summed E-state index contributed by atoms with van der Waals surface area (Å²) >= 11 is 0. The normalized spacial score (nSPS) is 18.8. The van der Waals surface area contributed by atoms with Crippen LogP contribution in [0.2, 0.25) is 0 Å². The van der Waals surface area contributed by atoms with Crippen LogP contribution in [0.1, 0.15) is 25.3 Å². The molecule has 1 unspecified atom stereocenters. The minimum Gasteiger partial charge on any atom is -0.494 e. The first-order valence-corrected chi connectivity index (χ1v) is 7.55. The average molecular weight is 306 g/mol. The van der Waals surface area contributed by atoms with Crippen molar-refractivity contribution in [3.8, 4) is 5.75 Å². The molecule has 1 saturated heterocycles. The number of amides is 1. The molecule has 0 aliphatic carbocycles. The number of carbonyl (C=O) groups is 2. The monoisotopic (exact) mass is 306 g/mol. The van der Waals surface area contributed by atoms with Crippen LogP contribution < -0.4 is 10.1 Å². The molecule has 6 heteroatoms. The molecular weight excluding hydrogens is 284 g/mol. The zero-order chi connectivity index (χ0) is 15.9. The van der Waals surface area contributed by atoms with Crippen LogP contribution in [-0.4, -0.2) is 47.6 Å². The highest BCUT2D eigenvalue weighted by atomic mass is 16.5. The third kappa shape index (κ3) is 4.46. The summed E-state index contributed by atoms with van der Waals surface area (Å²) in [5.41, 5.74) is 1.04. The van der Waals surface area contributed by atoms with Gasteiger partial charge >= 0.3 is 5.97 Å². The molecule has 1 aromatic carbocycles. The van der Waals surface area contributed by atoms with Gasteiger partial charge in [-0.05, 0) is 24.1 Å². The Balaban J connectivity index is 2.00. The SMILES string of the molecule is CCCOc1ccc(CN2CCNC(=O)C2CC(=O)O)cc1. The van der Waals surface area contributed by atoms with Gasteiger partial charge in [0.15, 0.2) is 0 Å². The summed E-state index contributed by atoms with van der Waals surface area (Å²) < 4.78 is 5.54. The molecular formula is C16H22N2O4. The van der Waals surface area contributed by atoms with E-state index in [1.54, 1.807) is 0 Å². The van der Waals surface area contributed by atoms with Crippen LogP contribution in [0, 0.1) is 0 Å². The number of nitrogens with zero attached hydrogens (tertiary/aromatic N) is 1. The minimum atomic E-state index is -0.963. The lowest BCUT2D eigenvalue weighted by Crippen LogP contribution is -2.55. The number of rotatable bonds is 7. The van der Waals surface area contributed by atoms with Gasteiger partial charge in [0.2, 0.25) is 5.91 Å². The molecule has 120 valence electrons. The van der Waals surface area contributed by atoms with Gasteiger partial charge in [0.25, 0.3) is 0 Å². The third-order valence-corrected chi connectivity index (χ3v) is 3.59. The van der Waals surface area contributed by atoms with Crippen molar-refractivity contribution in [2.75, 3.05) is 19.7 Å². The van der Waals surface area contributed by atoms with Crippen molar-refractivity contribution in [2.45, 2.75) is 32.4 Å². The van der Waals surface area contributed by atoms with Crippen molar-refractivity contribution in [1.82, 2.24) is 10.2 Å². The molecule has 1 aromatic rings. The second-order valence-corrected chi connectivity index (χ2v) is 5.37. The molecule has 1 fully saturated rings. The largest absolute Gasteiger partial charge is 0.494 e. The van der Waals surface area contributed by atoms with Crippen molar-refractivity contribution in [3.63, 3.8) is 0 Å². The van der Waals surface area contributed by atoms with E-state index in [0.29, 0.717) is 26.2 Å². The van der Waals surface area contributed by atoms with Crippen LogP contribution in [0.3, 0.4) is 0 Å². The Morgan fingerprint density at radius 1 is 1.41 bits per heavy atom. The molecule has 1 atom stereocenters. The average Bonchev–Trinajstić information content (AvgIpc) is 2.50. The lowest BCUT2D eigenvalue weighted by Gasteiger charge is -2.34. The molecule has 0 saturated carbocycles. The van der Waals surface area contributed by atoms with Gasteiger partial charge in [-0.2, -0.15) is 0 Å². The maximum Gasteiger partial charge on any atom is 0.305 e. The first-order valence-electron chi connectivity index (χ1n) is 7.55. The third-order valence-electron chi connectivity index (χ3n) is 3.59. The summed E-state index contributed by atoms with van der Waals surface area (Å²) in [5.74, 6) is -0.351. The van der Waals surface area contributed by atoms with Crippen molar-refractivity contribution in [2.24, 2.45) is 0 Å². The molecule has 0 spiro atoms. The predicted molar refractivity (Wildman–Crippen MR) is 81.7 cm³/mol. The highest BCUT2D eigenvalue weighted by Gasteiger charge is 2.31. The maximum atomic E-state index is 11.9. The highest BCUT2D eigenvalue weighted by Crippen LogP contribution is 2.17. The Morgan fingerprint density at radius 2 is 2.14 bits per heavy atom. The number of hydrogen-bond donors (Lipinski definition) is 2. The zero-order valence-corrected chi connectivity index (χ0v) is 12.7. The lowest BCUT2D eigenvalue weighted by molar-refractivity contribution is -0.143. The second-order valence-electron chi connectivity index (χ2n) is 5.37. The molecule has 6 nitrogen and oxygen atoms in total. The Labute approximate surface area is 130 Å². The van der Waals surface area contributed by atoms with Crippen LogP contribution in [0.15, 0.2) is 24.3 Å². The quantitative estimate of drug-likeness (QED) is 0.792. The number of carbonyl (C=O) groups excluding carboxylic acids is 1. The first kappa shape index (κ1) is 16.3. The van der Waals surface area contributed by atoms with Crippen molar-refractivity contribution >= 4 is 11.9 Å². The summed E-state index contributed by atoms with van der Waals surface area (Å²) in [7, 11) is 0. The second kappa shape index (κ2) is 7.79. The van der Waals surface area contributed by atoms with E-state index < -0.39 is 12.0 Å². The van der Waals surface area contributed by atoms with E-state index in [0.717, 1.165) is 17.7 Å². The van der Waals surface area contributed by atoms with Crippen LogP contribution in [0.25, 0.3) is 0 Å². The number of aliphatic carboxylic acids is 1. The van der Waals surface area contributed by atoms with Gasteiger partial charge in [0.05, 0.1) is 13.0 Å². The minimum absolute atomic E-state index is 0.177. The van der Waals surface area contributed by atoms with E-state index in [1.807, 2.05) is 29.2 Å². The molecule has 1 aliphatic rings. The fraction of sp³-hybridized carbons (Fsp3) is 0.500. The smallest absolute Gasteiger partial charge is 0.305 e. The fourth-order valence-electron chi connectivity index (χ4n) is 2.48. The predicted octanol–water partition coefficient (Wildman–Crippen LogP) is 1.25. The van der Waals surface area contributed by atoms with E-state index >= 15 is 0 Å². The molecule has 0 aromatic heterocycles. The fourth-order valence-corrected chi connectivity index (χ4v) is 2.48. The standard InChI is InChI=1S/C16H22N2O4/c1-2-9-22-13-5-3-12(4-6-13)11-18-8-7-17-16(21)14(18)10-15(19)20/h3-6,14H,2,7-11H2,1H3,(H,17,21)(H,19,20). The summed E-state index contributed by atoms with van der Waals surface area (Å²) in [4.78, 5) is 24.7. The number of carboxylic acid groups (broad SMARTS) is 1. The van der Waals surface area contributed by atoms with Gasteiger partial charge in [-0.1, -0.05) is 19.1 Å². The Hall–Kier alpha value is -2.08. The van der Waals surface area contributed by atoms with Crippen LogP contribution in [0.5, 0.6) is 5.75 Å². The van der Waals surface area contributed by atoms with E-state index in [1.165, 1.54) is 0 Å². The summed E-state index contributed by atoms with van der Waals surface area (Å²) in [6.07, 6.45) is 0.783. The Kier molecular flexibility index (Phi) is 5.77. The van der Waals surface area contributed by atoms with E-state index in [4.69, 9.17) is 9.84 Å². The summed E-state index contributed by atoms with van der Waals surface area (Å²) in [6.45, 7) is 4.49. The number of ether oxygens (including phenoxy) is 1. The number of carboxylic acids is 1. The Morgan fingerprint density at radius 3 is 2.77 bits per heavy atom. The summed E-state index contributed by atoms with van der Waals surface area (Å²) in [6, 6.07) is 7.11. The van der Waals surface area contributed by atoms with Crippen LogP contribution in [-0.2, 0) is 16.1 Å². The van der Waals surface area contributed by atoms with Gasteiger partial charge in [-0.3, -0.25) is 14.5 Å². The van der Waals surface area contributed by atoms with E-state index in [9.17, 15) is 9.59 Å². The van der Waals surface area contributed by atoms with E-state index in [2.05, 4.69) is 12.2 Å². The van der Waals surface area contributed by atoms with Crippen molar-refractivity contribution < 1.29 is 19.4 Å². The number of nitrogens with one attached hydrogen (secondary N) is 1. The summed E-state index contributed by atoms with van der Waals surface area (Å²) in [5, 5.41) is 11.7. The molecule has 22 heavy (non-hydrogen) atoms. The molecule has 2 N–H and O–H groups in total. The number of piperazine rings is 1.